The van der Waals surface area contributed by atoms with Crippen LogP contribution in [0, 0.1) is 0 Å². The highest BCUT2D eigenvalue weighted by Crippen LogP contribution is 2.14. The van der Waals surface area contributed by atoms with Gasteiger partial charge in [0.15, 0.2) is 0 Å². The van der Waals surface area contributed by atoms with Crippen LogP contribution in [-0.2, 0) is 13.0 Å². The van der Waals surface area contributed by atoms with Gasteiger partial charge < -0.3 is 31.5 Å². The van der Waals surface area contributed by atoms with E-state index in [0.717, 1.165) is 42.6 Å². The van der Waals surface area contributed by atoms with Crippen LogP contribution in [-0.4, -0.2) is 44.2 Å². The SMILES string of the molecule is C[N+](C)(CCNC(=O)c1ccc(OCCCCCc2ccccc2)cc1)Cc1ccccc1.[Br-]. The van der Waals surface area contributed by atoms with E-state index in [1.54, 1.807) is 0 Å². The fraction of sp³-hybridized carbons (Fsp3) is 0.345. The van der Waals surface area contributed by atoms with Gasteiger partial charge in [-0.1, -0.05) is 60.7 Å². The highest BCUT2D eigenvalue weighted by Gasteiger charge is 2.16. The molecule has 1 amide bonds. The Morgan fingerprint density at radius 2 is 1.41 bits per heavy atom. The molecular formula is C29H37BrN2O2. The van der Waals surface area contributed by atoms with Gasteiger partial charge in [-0.15, -0.1) is 0 Å². The number of aryl methyl sites for hydroxylation is 1. The molecule has 0 spiro atoms. The van der Waals surface area contributed by atoms with Crippen molar-refractivity contribution in [3.63, 3.8) is 0 Å². The first kappa shape index (κ1) is 27.6. The summed E-state index contributed by atoms with van der Waals surface area (Å²) in [5, 5.41) is 3.04. The van der Waals surface area contributed by atoms with E-state index in [1.165, 1.54) is 17.5 Å². The Morgan fingerprint density at radius 3 is 2.06 bits per heavy atom. The summed E-state index contributed by atoms with van der Waals surface area (Å²) in [6, 6.07) is 28.5. The largest absolute Gasteiger partial charge is 1.00 e. The lowest BCUT2D eigenvalue weighted by Gasteiger charge is -2.30. The predicted molar refractivity (Wildman–Crippen MR) is 135 cm³/mol. The van der Waals surface area contributed by atoms with Gasteiger partial charge in [-0.3, -0.25) is 4.79 Å². The van der Waals surface area contributed by atoms with Gasteiger partial charge in [0.2, 0.25) is 0 Å². The van der Waals surface area contributed by atoms with Crippen molar-refractivity contribution in [2.45, 2.75) is 32.2 Å². The maximum Gasteiger partial charge on any atom is 0.251 e. The van der Waals surface area contributed by atoms with Crippen molar-refractivity contribution in [3.05, 3.63) is 102 Å². The Labute approximate surface area is 215 Å². The topological polar surface area (TPSA) is 38.3 Å². The number of rotatable bonds is 13. The van der Waals surface area contributed by atoms with Crippen LogP contribution in [0.1, 0.15) is 40.7 Å². The number of benzene rings is 3. The average Bonchev–Trinajstić information content (AvgIpc) is 2.82. The minimum atomic E-state index is -0.0397. The minimum absolute atomic E-state index is 0. The van der Waals surface area contributed by atoms with Crippen LogP contribution >= 0.6 is 0 Å². The zero-order valence-corrected chi connectivity index (χ0v) is 22.0. The number of hydrogen-bond acceptors (Lipinski definition) is 2. The Hall–Kier alpha value is -2.63. The third-order valence-corrected chi connectivity index (χ3v) is 5.79. The second kappa shape index (κ2) is 14.6. The highest BCUT2D eigenvalue weighted by molar-refractivity contribution is 5.94. The highest BCUT2D eigenvalue weighted by atomic mass is 79.9. The molecule has 5 heteroatoms. The third kappa shape index (κ3) is 10.1. The fourth-order valence-electron chi connectivity index (χ4n) is 3.88. The Morgan fingerprint density at radius 1 is 0.794 bits per heavy atom. The third-order valence-electron chi connectivity index (χ3n) is 5.79. The number of likely N-dealkylation sites (N-methyl/N-ethyl adjacent to an activating group) is 1. The molecule has 0 aromatic heterocycles. The van der Waals surface area contributed by atoms with Gasteiger partial charge in [-0.05, 0) is 55.5 Å². The summed E-state index contributed by atoms with van der Waals surface area (Å²) in [5.74, 6) is 0.775. The van der Waals surface area contributed by atoms with Crippen LogP contribution in [0.4, 0.5) is 0 Å². The van der Waals surface area contributed by atoms with E-state index in [1.807, 2.05) is 30.3 Å². The van der Waals surface area contributed by atoms with Gasteiger partial charge in [-0.25, -0.2) is 0 Å². The lowest BCUT2D eigenvalue weighted by Crippen LogP contribution is -3.00. The zero-order chi connectivity index (χ0) is 23.4. The number of carbonyl (C=O) groups is 1. The number of quaternary nitrogens is 1. The van der Waals surface area contributed by atoms with Crippen molar-refractivity contribution in [1.29, 1.82) is 0 Å². The summed E-state index contributed by atoms with van der Waals surface area (Å²) in [6.07, 6.45) is 4.47. The van der Waals surface area contributed by atoms with Gasteiger partial charge in [0.1, 0.15) is 12.3 Å². The van der Waals surface area contributed by atoms with Crippen LogP contribution in [0.15, 0.2) is 84.9 Å². The number of amides is 1. The molecule has 0 saturated heterocycles. The second-order valence-corrected chi connectivity index (χ2v) is 9.23. The number of nitrogens with zero attached hydrogens (tertiary/aromatic N) is 1. The van der Waals surface area contributed by atoms with Crippen molar-refractivity contribution >= 4 is 5.91 Å². The molecule has 0 aliphatic rings. The lowest BCUT2D eigenvalue weighted by molar-refractivity contribution is -0.902. The van der Waals surface area contributed by atoms with E-state index >= 15 is 0 Å². The molecule has 4 nitrogen and oxygen atoms in total. The maximum atomic E-state index is 12.5. The molecule has 0 heterocycles. The monoisotopic (exact) mass is 524 g/mol. The van der Waals surface area contributed by atoms with E-state index in [9.17, 15) is 4.79 Å². The van der Waals surface area contributed by atoms with Crippen molar-refractivity contribution < 1.29 is 31.0 Å². The molecule has 3 rings (SSSR count). The molecule has 0 aliphatic heterocycles. The van der Waals surface area contributed by atoms with Crippen molar-refractivity contribution in [2.24, 2.45) is 0 Å². The van der Waals surface area contributed by atoms with Crippen molar-refractivity contribution in [1.82, 2.24) is 5.32 Å². The number of ether oxygens (including phenoxy) is 1. The molecular weight excluding hydrogens is 488 g/mol. The normalized spacial score (nSPS) is 10.9. The lowest BCUT2D eigenvalue weighted by atomic mass is 10.1. The summed E-state index contributed by atoms with van der Waals surface area (Å²) >= 11 is 0. The van der Waals surface area contributed by atoms with Crippen LogP contribution < -0.4 is 27.0 Å². The Bertz CT molecular complexity index is 960. The number of halogens is 1. The van der Waals surface area contributed by atoms with Gasteiger partial charge in [0.05, 0.1) is 33.8 Å². The molecule has 3 aromatic rings. The van der Waals surface area contributed by atoms with Crippen LogP contribution in [0.25, 0.3) is 0 Å². The fourth-order valence-corrected chi connectivity index (χ4v) is 3.88. The molecule has 0 fully saturated rings. The summed E-state index contributed by atoms with van der Waals surface area (Å²) in [4.78, 5) is 12.5. The summed E-state index contributed by atoms with van der Waals surface area (Å²) in [6.45, 7) is 3.15. The molecule has 0 bridgehead atoms. The smallest absolute Gasteiger partial charge is 0.251 e. The first-order chi connectivity index (χ1) is 16.0. The number of nitrogens with one attached hydrogen (secondary N) is 1. The molecule has 34 heavy (non-hydrogen) atoms. The quantitative estimate of drug-likeness (QED) is 0.275. The first-order valence-electron chi connectivity index (χ1n) is 11.9. The molecule has 182 valence electrons. The Balaban J connectivity index is 0.00000408. The summed E-state index contributed by atoms with van der Waals surface area (Å²) in [5.41, 5.74) is 3.37. The van der Waals surface area contributed by atoms with Gasteiger partial charge in [-0.2, -0.15) is 0 Å². The molecule has 0 atom stereocenters. The molecule has 3 aromatic carbocycles. The first-order valence-corrected chi connectivity index (χ1v) is 11.9. The molecule has 1 N–H and O–H groups in total. The summed E-state index contributed by atoms with van der Waals surface area (Å²) in [7, 11) is 4.37. The van der Waals surface area contributed by atoms with E-state index in [0.29, 0.717) is 18.7 Å². The Kier molecular flexibility index (Phi) is 11.9. The van der Waals surface area contributed by atoms with Crippen molar-refractivity contribution in [3.8, 4) is 5.75 Å². The van der Waals surface area contributed by atoms with Gasteiger partial charge >= 0.3 is 0 Å². The number of hydrogen-bond donors (Lipinski definition) is 1. The standard InChI is InChI=1S/C29H36N2O2.BrH/c1-31(2,24-26-15-8-4-9-16-26)22-21-30-29(32)27-17-19-28(20-18-27)33-23-11-5-10-14-25-12-6-3-7-13-25;/h3-4,6-9,12-13,15-20H,5,10-11,14,21-24H2,1-2H3;1H. The van der Waals surface area contributed by atoms with Crippen molar-refractivity contribution in [2.75, 3.05) is 33.8 Å². The predicted octanol–water partition coefficient (Wildman–Crippen LogP) is 2.49. The minimum Gasteiger partial charge on any atom is -1.00 e. The maximum absolute atomic E-state index is 12.5. The number of unbranched alkanes of at least 4 members (excludes halogenated alkanes) is 2. The molecule has 0 saturated carbocycles. The zero-order valence-electron chi connectivity index (χ0n) is 20.4. The average molecular weight is 526 g/mol. The molecule has 0 aliphatic carbocycles. The van der Waals surface area contributed by atoms with E-state index < -0.39 is 0 Å². The van der Waals surface area contributed by atoms with E-state index in [2.05, 4.69) is 74.0 Å². The molecule has 0 unspecified atom stereocenters. The van der Waals surface area contributed by atoms with E-state index in [-0.39, 0.29) is 22.9 Å². The number of carbonyl (C=O) groups excluding carboxylic acids is 1. The van der Waals surface area contributed by atoms with Gasteiger partial charge in [0, 0.05) is 11.1 Å². The second-order valence-electron chi connectivity index (χ2n) is 9.23. The summed E-state index contributed by atoms with van der Waals surface area (Å²) < 4.78 is 6.66. The van der Waals surface area contributed by atoms with Crippen LogP contribution in [0.2, 0.25) is 0 Å². The van der Waals surface area contributed by atoms with Crippen LogP contribution in [0.3, 0.4) is 0 Å². The van der Waals surface area contributed by atoms with E-state index in [4.69, 9.17) is 4.74 Å². The van der Waals surface area contributed by atoms with Crippen LogP contribution in [0.5, 0.6) is 5.75 Å². The van der Waals surface area contributed by atoms with Gasteiger partial charge in [0.25, 0.3) is 5.91 Å². The molecule has 0 radical (unpaired) electrons.